The lowest BCUT2D eigenvalue weighted by Crippen LogP contribution is -2.16. The first-order chi connectivity index (χ1) is 16.4. The van der Waals surface area contributed by atoms with Crippen LogP contribution in [0.3, 0.4) is 0 Å². The monoisotopic (exact) mass is 466 g/mol. The Morgan fingerprint density at radius 3 is 2.47 bits per heavy atom. The number of esters is 1. The van der Waals surface area contributed by atoms with Crippen LogP contribution >= 0.6 is 0 Å². The second-order valence-electron chi connectivity index (χ2n) is 7.66. The van der Waals surface area contributed by atoms with Gasteiger partial charge < -0.3 is 23.5 Å². The number of carbonyl (C=O) groups excluding carboxylic acids is 2. The van der Waals surface area contributed by atoms with E-state index in [-0.39, 0.29) is 23.8 Å². The van der Waals surface area contributed by atoms with Crippen molar-refractivity contribution in [2.45, 2.75) is 33.7 Å². The summed E-state index contributed by atoms with van der Waals surface area (Å²) in [5.41, 5.74) is 3.61. The molecule has 0 atom stereocenters. The lowest BCUT2D eigenvalue weighted by atomic mass is 10.1. The first-order valence-corrected chi connectivity index (χ1v) is 11.0. The molecule has 0 fully saturated rings. The summed E-state index contributed by atoms with van der Waals surface area (Å²) < 4.78 is 23.4. The Bertz CT molecular complexity index is 1170. The maximum absolute atomic E-state index is 12.8. The summed E-state index contributed by atoms with van der Waals surface area (Å²) >= 11 is 0. The number of ketones is 1. The van der Waals surface area contributed by atoms with Gasteiger partial charge in [0.1, 0.15) is 5.56 Å². The molecule has 8 nitrogen and oxygen atoms in total. The number of nitrogens with zero attached hydrogens (tertiary/aromatic N) is 2. The highest BCUT2D eigenvalue weighted by Crippen LogP contribution is 2.28. The summed E-state index contributed by atoms with van der Waals surface area (Å²) in [6.45, 7) is 6.34. The van der Waals surface area contributed by atoms with E-state index >= 15 is 0 Å². The molecule has 1 aromatic carbocycles. The first-order valence-electron chi connectivity index (χ1n) is 11.0. The highest BCUT2D eigenvalue weighted by Gasteiger charge is 2.20. The van der Waals surface area contributed by atoms with Crippen molar-refractivity contribution in [1.29, 1.82) is 0 Å². The van der Waals surface area contributed by atoms with Crippen molar-refractivity contribution in [3.8, 4) is 17.4 Å². The molecule has 0 radical (unpaired) electrons. The van der Waals surface area contributed by atoms with E-state index < -0.39 is 5.97 Å². The predicted octanol–water partition coefficient (Wildman–Crippen LogP) is 4.20. The van der Waals surface area contributed by atoms with Gasteiger partial charge in [0.25, 0.3) is 0 Å². The summed E-state index contributed by atoms with van der Waals surface area (Å²) in [4.78, 5) is 29.4. The van der Waals surface area contributed by atoms with E-state index in [4.69, 9.17) is 18.9 Å². The fourth-order valence-corrected chi connectivity index (χ4v) is 3.79. The van der Waals surface area contributed by atoms with Crippen LogP contribution in [-0.4, -0.2) is 48.7 Å². The number of ether oxygens (including phenoxy) is 4. The fourth-order valence-electron chi connectivity index (χ4n) is 3.79. The molecule has 0 bridgehead atoms. The van der Waals surface area contributed by atoms with E-state index in [2.05, 4.69) is 9.55 Å². The number of aryl methyl sites for hydroxylation is 2. The molecule has 2 heterocycles. The van der Waals surface area contributed by atoms with Crippen LogP contribution in [0.25, 0.3) is 0 Å². The number of hydrogen-bond acceptors (Lipinski definition) is 7. The van der Waals surface area contributed by atoms with Crippen molar-refractivity contribution in [2.24, 2.45) is 0 Å². The van der Waals surface area contributed by atoms with E-state index in [1.165, 1.54) is 6.20 Å². The highest BCUT2D eigenvalue weighted by atomic mass is 16.5. The molecule has 0 unspecified atom stereocenters. The number of carbonyl (C=O) groups is 2. The molecule has 0 aliphatic heterocycles. The Kier molecular flexibility index (Phi) is 8.29. The molecule has 0 saturated carbocycles. The molecule has 180 valence electrons. The Hall–Kier alpha value is -3.81. The minimum atomic E-state index is -0.646. The number of pyridine rings is 1. The van der Waals surface area contributed by atoms with Gasteiger partial charge in [-0.15, -0.1) is 0 Å². The maximum Gasteiger partial charge on any atom is 0.344 e. The van der Waals surface area contributed by atoms with E-state index in [1.54, 1.807) is 33.3 Å². The van der Waals surface area contributed by atoms with Gasteiger partial charge in [-0.2, -0.15) is 0 Å². The molecule has 2 aromatic heterocycles. The van der Waals surface area contributed by atoms with Crippen LogP contribution in [0.4, 0.5) is 0 Å². The number of hydrogen-bond donors (Lipinski definition) is 0. The van der Waals surface area contributed by atoms with Gasteiger partial charge in [-0.05, 0) is 63.1 Å². The average molecular weight is 467 g/mol. The summed E-state index contributed by atoms with van der Waals surface area (Å²) in [6.07, 6.45) is 2.28. The summed E-state index contributed by atoms with van der Waals surface area (Å²) in [6, 6.07) is 10.8. The lowest BCUT2D eigenvalue weighted by molar-refractivity contribution is 0.0469. The lowest BCUT2D eigenvalue weighted by Gasteiger charge is -2.12. The number of aromatic nitrogens is 2. The Balaban J connectivity index is 1.66. The first kappa shape index (κ1) is 24.8. The van der Waals surface area contributed by atoms with Gasteiger partial charge in [-0.25, -0.2) is 9.78 Å². The van der Waals surface area contributed by atoms with E-state index in [0.717, 1.165) is 23.4 Å². The highest BCUT2D eigenvalue weighted by molar-refractivity contribution is 6.00. The Morgan fingerprint density at radius 2 is 1.76 bits per heavy atom. The largest absolute Gasteiger partial charge is 0.493 e. The second kappa shape index (κ2) is 11.4. The van der Waals surface area contributed by atoms with Crippen molar-refractivity contribution in [1.82, 2.24) is 9.55 Å². The summed E-state index contributed by atoms with van der Waals surface area (Å²) in [7, 11) is 3.22. The second-order valence-corrected chi connectivity index (χ2v) is 7.66. The minimum absolute atomic E-state index is 0.191. The Labute approximate surface area is 199 Å². The molecule has 34 heavy (non-hydrogen) atoms. The molecule has 8 heteroatoms. The van der Waals surface area contributed by atoms with Gasteiger partial charge in [-0.1, -0.05) is 6.07 Å². The maximum atomic E-state index is 12.8. The van der Waals surface area contributed by atoms with E-state index in [0.29, 0.717) is 30.2 Å². The van der Waals surface area contributed by atoms with Crippen LogP contribution in [0, 0.1) is 13.8 Å². The smallest absolute Gasteiger partial charge is 0.344 e. The van der Waals surface area contributed by atoms with Crippen molar-refractivity contribution in [3.63, 3.8) is 0 Å². The molecule has 0 N–H and O–H groups in total. The fraction of sp³-hybridized carbons (Fsp3) is 0.346. The van der Waals surface area contributed by atoms with Crippen LogP contribution in [0.1, 0.15) is 44.6 Å². The zero-order valence-corrected chi connectivity index (χ0v) is 20.2. The standard InChI is InChI=1S/C26H30N2O6/c1-6-33-25-20(8-7-12-27-25)26(30)34-16-22(29)21-14-17(2)28(18(21)3)13-11-19-9-10-23(31-4)24(15-19)32-5/h7-10,12,14-15H,6,11,13,16H2,1-5H3. The van der Waals surface area contributed by atoms with Crippen LogP contribution in [0.2, 0.25) is 0 Å². The topological polar surface area (TPSA) is 88.9 Å². The quantitative estimate of drug-likeness (QED) is 0.309. The minimum Gasteiger partial charge on any atom is -0.493 e. The molecule has 3 rings (SSSR count). The van der Waals surface area contributed by atoms with Gasteiger partial charge >= 0.3 is 5.97 Å². The van der Waals surface area contributed by atoms with Gasteiger partial charge in [0.15, 0.2) is 18.1 Å². The Morgan fingerprint density at radius 1 is 1.00 bits per heavy atom. The van der Waals surface area contributed by atoms with Crippen molar-refractivity contribution in [3.05, 3.63) is 70.7 Å². The SMILES string of the molecule is CCOc1ncccc1C(=O)OCC(=O)c1cc(C)n(CCc2ccc(OC)c(OC)c2)c1C. The zero-order chi connectivity index (χ0) is 24.7. The molecule has 3 aromatic rings. The van der Waals surface area contributed by atoms with E-state index in [9.17, 15) is 9.59 Å². The number of Topliss-reactive ketones (excluding diaryl/α,β-unsaturated/α-hetero) is 1. The van der Waals surface area contributed by atoms with Crippen molar-refractivity contribution < 1.29 is 28.5 Å². The normalized spacial score (nSPS) is 10.6. The van der Waals surface area contributed by atoms with Crippen LogP contribution < -0.4 is 14.2 Å². The molecule has 0 aliphatic carbocycles. The van der Waals surface area contributed by atoms with E-state index in [1.807, 2.05) is 38.1 Å². The third-order valence-electron chi connectivity index (χ3n) is 5.55. The molecular weight excluding hydrogens is 436 g/mol. The molecule has 0 saturated heterocycles. The summed E-state index contributed by atoms with van der Waals surface area (Å²) in [5, 5.41) is 0. The van der Waals surface area contributed by atoms with Crippen molar-refractivity contribution in [2.75, 3.05) is 27.4 Å². The van der Waals surface area contributed by atoms with Gasteiger partial charge in [-0.3, -0.25) is 4.79 Å². The van der Waals surface area contributed by atoms with Crippen LogP contribution in [-0.2, 0) is 17.7 Å². The van der Waals surface area contributed by atoms with Crippen LogP contribution in [0.15, 0.2) is 42.6 Å². The predicted molar refractivity (Wildman–Crippen MR) is 127 cm³/mol. The zero-order valence-electron chi connectivity index (χ0n) is 20.2. The number of benzene rings is 1. The van der Waals surface area contributed by atoms with Crippen molar-refractivity contribution >= 4 is 11.8 Å². The number of methoxy groups -OCH3 is 2. The molecule has 0 aliphatic rings. The average Bonchev–Trinajstić information content (AvgIpc) is 3.14. The number of rotatable bonds is 11. The van der Waals surface area contributed by atoms with Gasteiger partial charge in [0, 0.05) is 29.7 Å². The third kappa shape index (κ3) is 5.57. The van der Waals surface area contributed by atoms with Gasteiger partial charge in [0.2, 0.25) is 11.7 Å². The molecule has 0 spiro atoms. The molecule has 0 amide bonds. The summed E-state index contributed by atoms with van der Waals surface area (Å²) in [5.74, 6) is 0.644. The third-order valence-corrected chi connectivity index (χ3v) is 5.55. The molecular formula is C26H30N2O6. The van der Waals surface area contributed by atoms with Gasteiger partial charge in [0.05, 0.1) is 20.8 Å². The van der Waals surface area contributed by atoms with Crippen LogP contribution in [0.5, 0.6) is 17.4 Å².